The predicted octanol–water partition coefficient (Wildman–Crippen LogP) is 2.44. The molecular formula is C25H25N3O5. The van der Waals surface area contributed by atoms with Gasteiger partial charge in [0.15, 0.2) is 11.3 Å². The van der Waals surface area contributed by atoms with Gasteiger partial charge in [-0.15, -0.1) is 0 Å². The van der Waals surface area contributed by atoms with Gasteiger partial charge in [0.2, 0.25) is 5.91 Å². The van der Waals surface area contributed by atoms with E-state index >= 15 is 0 Å². The normalized spacial score (nSPS) is 20.1. The number of ketones is 1. The summed E-state index contributed by atoms with van der Waals surface area (Å²) in [5.41, 5.74) is 1.71. The fraction of sp³-hybridized carbons (Fsp3) is 0.320. The lowest BCUT2D eigenvalue weighted by atomic mass is 9.91. The van der Waals surface area contributed by atoms with Gasteiger partial charge in [-0.25, -0.2) is 0 Å². The molecule has 0 radical (unpaired) electrons. The van der Waals surface area contributed by atoms with E-state index in [1.807, 2.05) is 38.4 Å². The number of rotatable bonds is 6. The SMILES string of the molecule is COc1ccc2c(c1)C(=O)N(C[C@@]1(c3cc4cc(CN(C)C)ccc4o3)NC(=O)CC1=O)C2. The third-order valence-electron chi connectivity index (χ3n) is 6.27. The van der Waals surface area contributed by atoms with Gasteiger partial charge in [-0.1, -0.05) is 12.1 Å². The number of furan rings is 1. The summed E-state index contributed by atoms with van der Waals surface area (Å²) in [6, 6.07) is 13.0. The molecule has 1 aromatic heterocycles. The van der Waals surface area contributed by atoms with E-state index < -0.39 is 5.54 Å². The van der Waals surface area contributed by atoms with E-state index in [1.165, 1.54) is 0 Å². The highest BCUT2D eigenvalue weighted by Gasteiger charge is 2.52. The van der Waals surface area contributed by atoms with Crippen LogP contribution in [0.25, 0.3) is 11.0 Å². The van der Waals surface area contributed by atoms with Crippen molar-refractivity contribution in [3.05, 3.63) is 64.9 Å². The van der Waals surface area contributed by atoms with Crippen LogP contribution in [0.4, 0.5) is 0 Å². The van der Waals surface area contributed by atoms with E-state index in [1.54, 1.807) is 30.2 Å². The molecule has 1 atom stereocenters. The van der Waals surface area contributed by atoms with E-state index in [0.29, 0.717) is 29.2 Å². The van der Waals surface area contributed by atoms with Crippen molar-refractivity contribution in [2.45, 2.75) is 25.0 Å². The van der Waals surface area contributed by atoms with Crippen LogP contribution in [-0.4, -0.2) is 55.1 Å². The van der Waals surface area contributed by atoms with E-state index in [2.05, 4.69) is 10.2 Å². The zero-order valence-corrected chi connectivity index (χ0v) is 18.8. The number of methoxy groups -OCH3 is 1. The molecule has 0 spiro atoms. The molecule has 0 unspecified atom stereocenters. The van der Waals surface area contributed by atoms with Crippen LogP contribution in [0.15, 0.2) is 46.9 Å². The maximum atomic E-state index is 13.2. The molecule has 2 amide bonds. The van der Waals surface area contributed by atoms with Crippen molar-refractivity contribution in [2.75, 3.05) is 27.7 Å². The quantitative estimate of drug-likeness (QED) is 0.584. The molecule has 33 heavy (non-hydrogen) atoms. The predicted molar refractivity (Wildman–Crippen MR) is 121 cm³/mol. The number of hydrogen-bond acceptors (Lipinski definition) is 6. The average Bonchev–Trinajstić information content (AvgIpc) is 3.41. The highest BCUT2D eigenvalue weighted by molar-refractivity contribution is 6.11. The number of ether oxygens (including phenoxy) is 1. The summed E-state index contributed by atoms with van der Waals surface area (Å²) >= 11 is 0. The number of hydrogen-bond donors (Lipinski definition) is 1. The van der Waals surface area contributed by atoms with Gasteiger partial charge in [-0.2, -0.15) is 0 Å². The Morgan fingerprint density at radius 1 is 1.12 bits per heavy atom. The highest BCUT2D eigenvalue weighted by atomic mass is 16.5. The molecule has 2 aliphatic heterocycles. The van der Waals surface area contributed by atoms with Gasteiger partial charge >= 0.3 is 0 Å². The van der Waals surface area contributed by atoms with Crippen molar-refractivity contribution < 1.29 is 23.5 Å². The Kier molecular flexibility index (Phi) is 4.97. The first-order valence-electron chi connectivity index (χ1n) is 10.8. The second-order valence-electron chi connectivity index (χ2n) is 8.96. The lowest BCUT2D eigenvalue weighted by Gasteiger charge is -2.30. The minimum absolute atomic E-state index is 0.00220. The number of fused-ring (bicyclic) bond motifs is 2. The van der Waals surface area contributed by atoms with Crippen molar-refractivity contribution in [3.63, 3.8) is 0 Å². The Morgan fingerprint density at radius 2 is 1.94 bits per heavy atom. The average molecular weight is 447 g/mol. The third kappa shape index (κ3) is 3.56. The summed E-state index contributed by atoms with van der Waals surface area (Å²) in [7, 11) is 5.53. The summed E-state index contributed by atoms with van der Waals surface area (Å²) in [5.74, 6) is 0.0500. The Labute approximate surface area is 191 Å². The molecule has 2 aromatic carbocycles. The summed E-state index contributed by atoms with van der Waals surface area (Å²) in [4.78, 5) is 42.2. The monoisotopic (exact) mass is 447 g/mol. The van der Waals surface area contributed by atoms with Crippen LogP contribution in [0.5, 0.6) is 5.75 Å². The lowest BCUT2D eigenvalue weighted by molar-refractivity contribution is -0.124. The Hall–Kier alpha value is -3.65. The van der Waals surface area contributed by atoms with Crippen LogP contribution in [-0.2, 0) is 28.2 Å². The maximum absolute atomic E-state index is 13.2. The molecule has 170 valence electrons. The minimum atomic E-state index is -1.42. The van der Waals surface area contributed by atoms with E-state index in [0.717, 1.165) is 23.1 Å². The standard InChI is InChI=1S/C25H25N3O5/c1-27(2)12-15-4-7-20-17(8-15)9-22(33-20)25(21(29)11-23(30)26-25)14-28-13-16-5-6-18(32-3)10-19(16)24(28)31/h4-10H,11-14H2,1-3H3,(H,26,30)/t25-/m1/s1. The van der Waals surface area contributed by atoms with Gasteiger partial charge in [0.1, 0.15) is 17.1 Å². The molecule has 1 fully saturated rings. The highest BCUT2D eigenvalue weighted by Crippen LogP contribution is 2.37. The largest absolute Gasteiger partial charge is 0.497 e. The first-order valence-corrected chi connectivity index (χ1v) is 10.8. The number of nitrogens with zero attached hydrogens (tertiary/aromatic N) is 2. The lowest BCUT2D eigenvalue weighted by Crippen LogP contribution is -2.52. The first-order chi connectivity index (χ1) is 15.8. The number of carbonyl (C=O) groups excluding carboxylic acids is 3. The van der Waals surface area contributed by atoms with Crippen LogP contribution in [0, 0.1) is 0 Å². The van der Waals surface area contributed by atoms with Gasteiger partial charge in [-0.3, -0.25) is 14.4 Å². The molecular weight excluding hydrogens is 422 g/mol. The molecule has 0 bridgehead atoms. The molecule has 3 aromatic rings. The van der Waals surface area contributed by atoms with E-state index in [-0.39, 0.29) is 30.6 Å². The fourth-order valence-corrected chi connectivity index (χ4v) is 4.70. The topological polar surface area (TPSA) is 92.1 Å². The van der Waals surface area contributed by atoms with Gasteiger partial charge in [0.05, 0.1) is 20.1 Å². The first kappa shape index (κ1) is 21.2. The Morgan fingerprint density at radius 3 is 2.64 bits per heavy atom. The van der Waals surface area contributed by atoms with E-state index in [9.17, 15) is 14.4 Å². The van der Waals surface area contributed by atoms with Crippen molar-refractivity contribution in [3.8, 4) is 5.75 Å². The molecule has 1 N–H and O–H groups in total. The smallest absolute Gasteiger partial charge is 0.254 e. The number of benzene rings is 2. The number of carbonyl (C=O) groups is 3. The van der Waals surface area contributed by atoms with Gasteiger partial charge < -0.3 is 24.3 Å². The van der Waals surface area contributed by atoms with Gasteiger partial charge in [0, 0.05) is 24.0 Å². The molecule has 0 aliphatic carbocycles. The number of Topliss-reactive ketones (excluding diaryl/α,β-unsaturated/α-hetero) is 1. The van der Waals surface area contributed by atoms with E-state index in [4.69, 9.17) is 9.15 Å². The van der Waals surface area contributed by atoms with Crippen LogP contribution >= 0.6 is 0 Å². The van der Waals surface area contributed by atoms with Crippen LogP contribution in [0.2, 0.25) is 0 Å². The molecule has 8 nitrogen and oxygen atoms in total. The van der Waals surface area contributed by atoms with Gasteiger partial charge in [0.25, 0.3) is 5.91 Å². The zero-order valence-electron chi connectivity index (χ0n) is 18.8. The molecule has 3 heterocycles. The van der Waals surface area contributed by atoms with Crippen LogP contribution < -0.4 is 10.1 Å². The fourth-order valence-electron chi connectivity index (χ4n) is 4.70. The molecule has 5 rings (SSSR count). The minimum Gasteiger partial charge on any atom is -0.497 e. The number of nitrogens with one attached hydrogen (secondary N) is 1. The van der Waals surface area contributed by atoms with Crippen molar-refractivity contribution >= 4 is 28.6 Å². The summed E-state index contributed by atoms with van der Waals surface area (Å²) < 4.78 is 11.3. The Bertz CT molecular complexity index is 1290. The summed E-state index contributed by atoms with van der Waals surface area (Å²) in [5, 5.41) is 3.67. The molecule has 1 saturated heterocycles. The second kappa shape index (κ2) is 7.74. The van der Waals surface area contributed by atoms with Crippen LogP contribution in [0.1, 0.15) is 33.7 Å². The second-order valence-corrected chi connectivity index (χ2v) is 8.96. The zero-order chi connectivity index (χ0) is 23.3. The van der Waals surface area contributed by atoms with Crippen molar-refractivity contribution in [1.82, 2.24) is 15.1 Å². The van der Waals surface area contributed by atoms with Crippen molar-refractivity contribution in [1.29, 1.82) is 0 Å². The maximum Gasteiger partial charge on any atom is 0.254 e. The Balaban J connectivity index is 1.52. The van der Waals surface area contributed by atoms with Crippen LogP contribution in [0.3, 0.4) is 0 Å². The molecule has 8 heteroatoms. The molecule has 0 saturated carbocycles. The summed E-state index contributed by atoms with van der Waals surface area (Å²) in [6.45, 7) is 1.11. The third-order valence-corrected chi connectivity index (χ3v) is 6.27. The number of amides is 2. The van der Waals surface area contributed by atoms with Gasteiger partial charge in [-0.05, 0) is 55.6 Å². The summed E-state index contributed by atoms with van der Waals surface area (Å²) in [6.07, 6.45) is -0.244. The molecule has 2 aliphatic rings. The van der Waals surface area contributed by atoms with Crippen molar-refractivity contribution in [2.24, 2.45) is 0 Å².